The van der Waals surface area contributed by atoms with E-state index >= 15 is 0 Å². The van der Waals surface area contributed by atoms with Gasteiger partial charge in [0, 0.05) is 31.5 Å². The molecule has 1 amide bonds. The Morgan fingerprint density at radius 2 is 2.14 bits per heavy atom. The molecule has 156 valence electrons. The van der Waals surface area contributed by atoms with Crippen LogP contribution in [0.1, 0.15) is 67.5 Å². The molecule has 7 heteroatoms. The molecule has 0 aromatic carbocycles. The van der Waals surface area contributed by atoms with Gasteiger partial charge in [0.15, 0.2) is 0 Å². The Kier molecular flexibility index (Phi) is 6.44. The van der Waals surface area contributed by atoms with Crippen LogP contribution in [0.15, 0.2) is 30.6 Å². The van der Waals surface area contributed by atoms with E-state index in [1.807, 2.05) is 23.0 Å². The van der Waals surface area contributed by atoms with Crippen LogP contribution in [-0.2, 0) is 6.54 Å². The average molecular weight is 398 g/mol. The summed E-state index contributed by atoms with van der Waals surface area (Å²) < 4.78 is 7.97. The van der Waals surface area contributed by atoms with Crippen LogP contribution >= 0.6 is 0 Å². The van der Waals surface area contributed by atoms with Gasteiger partial charge < -0.3 is 15.4 Å². The van der Waals surface area contributed by atoms with Crippen molar-refractivity contribution in [1.29, 1.82) is 0 Å². The quantitative estimate of drug-likeness (QED) is 0.783. The number of carbonyl (C=O) groups excluding carboxylic acids is 1. The lowest BCUT2D eigenvalue weighted by molar-refractivity contribution is 0.0944. The predicted octanol–water partition coefficient (Wildman–Crippen LogP) is 3.09. The van der Waals surface area contributed by atoms with Crippen molar-refractivity contribution in [3.8, 4) is 5.88 Å². The molecule has 0 radical (unpaired) electrons. The van der Waals surface area contributed by atoms with Crippen molar-refractivity contribution in [2.75, 3.05) is 13.1 Å². The molecule has 2 aromatic heterocycles. The highest BCUT2D eigenvalue weighted by atomic mass is 16.5. The van der Waals surface area contributed by atoms with Gasteiger partial charge in [0.05, 0.1) is 6.04 Å². The van der Waals surface area contributed by atoms with Crippen LogP contribution in [-0.4, -0.2) is 39.9 Å². The number of hydrogen-bond acceptors (Lipinski definition) is 5. The largest absolute Gasteiger partial charge is 0.474 e. The summed E-state index contributed by atoms with van der Waals surface area (Å²) in [7, 11) is 0. The summed E-state index contributed by atoms with van der Waals surface area (Å²) in [6.45, 7) is 4.69. The lowest BCUT2D eigenvalue weighted by atomic mass is 9.89. The molecule has 2 N–H and O–H groups in total. The molecule has 0 bridgehead atoms. The van der Waals surface area contributed by atoms with Gasteiger partial charge in [0.2, 0.25) is 5.88 Å². The maximum Gasteiger partial charge on any atom is 0.272 e. The van der Waals surface area contributed by atoms with Gasteiger partial charge in [-0.15, -0.1) is 0 Å². The summed E-state index contributed by atoms with van der Waals surface area (Å²) in [5.74, 6) is 1.28. The van der Waals surface area contributed by atoms with Crippen molar-refractivity contribution in [3.05, 3.63) is 41.9 Å². The van der Waals surface area contributed by atoms with E-state index in [2.05, 4.69) is 27.6 Å². The predicted molar refractivity (Wildman–Crippen MR) is 111 cm³/mol. The molecule has 2 fully saturated rings. The molecule has 4 rings (SSSR count). The molecule has 1 saturated heterocycles. The third-order valence-corrected chi connectivity index (χ3v) is 5.99. The van der Waals surface area contributed by atoms with Crippen molar-refractivity contribution >= 4 is 5.91 Å². The fourth-order valence-electron chi connectivity index (χ4n) is 4.14. The Morgan fingerprint density at radius 3 is 2.93 bits per heavy atom. The Labute approximate surface area is 172 Å². The van der Waals surface area contributed by atoms with Gasteiger partial charge in [-0.25, -0.2) is 4.98 Å². The van der Waals surface area contributed by atoms with Crippen LogP contribution in [0.25, 0.3) is 0 Å². The molecule has 1 aliphatic carbocycles. The van der Waals surface area contributed by atoms with Crippen molar-refractivity contribution < 1.29 is 9.53 Å². The number of rotatable bonds is 6. The summed E-state index contributed by atoms with van der Waals surface area (Å²) in [5, 5.41) is 10.8. The van der Waals surface area contributed by atoms with Crippen molar-refractivity contribution in [2.45, 2.75) is 64.1 Å². The fourth-order valence-corrected chi connectivity index (χ4v) is 4.14. The van der Waals surface area contributed by atoms with Gasteiger partial charge in [0.25, 0.3) is 5.91 Å². The van der Waals surface area contributed by atoms with E-state index in [1.54, 1.807) is 12.3 Å². The Balaban J connectivity index is 1.29. The molecule has 2 aliphatic rings. The summed E-state index contributed by atoms with van der Waals surface area (Å²) >= 11 is 0. The van der Waals surface area contributed by atoms with Crippen molar-refractivity contribution in [2.24, 2.45) is 5.92 Å². The minimum Gasteiger partial charge on any atom is -0.474 e. The first kappa shape index (κ1) is 19.9. The molecule has 1 atom stereocenters. The Hall–Kier alpha value is -2.41. The monoisotopic (exact) mass is 397 g/mol. The topological polar surface area (TPSA) is 81.1 Å². The highest BCUT2D eigenvalue weighted by Gasteiger charge is 2.20. The van der Waals surface area contributed by atoms with E-state index in [1.165, 1.54) is 12.8 Å². The van der Waals surface area contributed by atoms with Crippen molar-refractivity contribution in [3.63, 3.8) is 0 Å². The van der Waals surface area contributed by atoms with Gasteiger partial charge >= 0.3 is 0 Å². The summed E-state index contributed by atoms with van der Waals surface area (Å²) in [4.78, 5) is 16.8. The van der Waals surface area contributed by atoms with Crippen LogP contribution in [0.4, 0.5) is 0 Å². The van der Waals surface area contributed by atoms with E-state index in [9.17, 15) is 4.79 Å². The normalized spacial score (nSPS) is 24.8. The minimum atomic E-state index is -0.159. The SMILES string of the molecule is CC1CCC(Oc2cc(CNC(=O)c3ccn(C4CCCNC4)n3)ccn2)CC1. The summed E-state index contributed by atoms with van der Waals surface area (Å²) in [6.07, 6.45) is 10.7. The molecule has 3 heterocycles. The summed E-state index contributed by atoms with van der Waals surface area (Å²) in [5.41, 5.74) is 1.43. The zero-order valence-corrected chi connectivity index (χ0v) is 17.1. The van der Waals surface area contributed by atoms with Gasteiger partial charge in [0.1, 0.15) is 11.8 Å². The van der Waals surface area contributed by atoms with Gasteiger partial charge in [-0.05, 0) is 68.7 Å². The first-order chi connectivity index (χ1) is 14.2. The maximum absolute atomic E-state index is 12.5. The van der Waals surface area contributed by atoms with Crippen molar-refractivity contribution in [1.82, 2.24) is 25.4 Å². The van der Waals surface area contributed by atoms with E-state index in [4.69, 9.17) is 4.74 Å². The number of piperidine rings is 1. The minimum absolute atomic E-state index is 0.159. The van der Waals surface area contributed by atoms with Gasteiger partial charge in [-0.1, -0.05) is 6.92 Å². The average Bonchev–Trinajstić information content (AvgIpc) is 3.25. The highest BCUT2D eigenvalue weighted by Crippen LogP contribution is 2.26. The van der Waals surface area contributed by atoms with Gasteiger partial charge in [-0.3, -0.25) is 9.48 Å². The number of hydrogen-bond donors (Lipinski definition) is 2. The molecule has 1 unspecified atom stereocenters. The second-order valence-corrected chi connectivity index (χ2v) is 8.37. The molecule has 0 spiro atoms. The number of pyridine rings is 1. The van der Waals surface area contributed by atoms with Crippen LogP contribution in [0.5, 0.6) is 5.88 Å². The number of ether oxygens (including phenoxy) is 1. The third-order valence-electron chi connectivity index (χ3n) is 5.99. The van der Waals surface area contributed by atoms with Gasteiger partial charge in [-0.2, -0.15) is 5.10 Å². The van der Waals surface area contributed by atoms with Crippen LogP contribution in [0.3, 0.4) is 0 Å². The third kappa shape index (κ3) is 5.35. The molecule has 29 heavy (non-hydrogen) atoms. The lowest BCUT2D eigenvalue weighted by Crippen LogP contribution is -2.32. The standard InChI is InChI=1S/C22H31N5O2/c1-16-4-6-19(7-5-16)29-21-13-17(8-11-24-21)14-25-22(28)20-9-12-27(26-20)18-3-2-10-23-15-18/h8-9,11-13,16,18-19,23H,2-7,10,14-15H2,1H3,(H,25,28). The van der Waals surface area contributed by atoms with Crippen LogP contribution < -0.4 is 15.4 Å². The smallest absolute Gasteiger partial charge is 0.272 e. The van der Waals surface area contributed by atoms with E-state index in [0.29, 0.717) is 24.2 Å². The number of amides is 1. The fraction of sp³-hybridized carbons (Fsp3) is 0.591. The summed E-state index contributed by atoms with van der Waals surface area (Å²) in [6, 6.07) is 5.94. The molecule has 7 nitrogen and oxygen atoms in total. The zero-order chi connectivity index (χ0) is 20.1. The Morgan fingerprint density at radius 1 is 1.28 bits per heavy atom. The molecular formula is C22H31N5O2. The first-order valence-electron chi connectivity index (χ1n) is 10.8. The second-order valence-electron chi connectivity index (χ2n) is 8.37. The second kappa shape index (κ2) is 9.39. The molecule has 2 aromatic rings. The van der Waals surface area contributed by atoms with E-state index < -0.39 is 0 Å². The molecule has 1 aliphatic heterocycles. The Bertz CT molecular complexity index is 807. The molecular weight excluding hydrogens is 366 g/mol. The zero-order valence-electron chi connectivity index (χ0n) is 17.1. The van der Waals surface area contributed by atoms with E-state index in [0.717, 1.165) is 50.3 Å². The molecule has 1 saturated carbocycles. The number of nitrogens with one attached hydrogen (secondary N) is 2. The van der Waals surface area contributed by atoms with Crippen LogP contribution in [0, 0.1) is 5.92 Å². The van der Waals surface area contributed by atoms with Crippen LogP contribution in [0.2, 0.25) is 0 Å². The van der Waals surface area contributed by atoms with E-state index in [-0.39, 0.29) is 12.0 Å². The number of carbonyl (C=O) groups is 1. The lowest BCUT2D eigenvalue weighted by Gasteiger charge is -2.26. The highest BCUT2D eigenvalue weighted by molar-refractivity contribution is 5.92. The number of nitrogens with zero attached hydrogens (tertiary/aromatic N) is 3. The number of aromatic nitrogens is 3. The first-order valence-corrected chi connectivity index (χ1v) is 10.8. The maximum atomic E-state index is 12.5.